The first kappa shape index (κ1) is 24.2. The van der Waals surface area contributed by atoms with E-state index in [0.29, 0.717) is 31.7 Å². The number of nitrogens with zero attached hydrogens (tertiary/aromatic N) is 5. The van der Waals surface area contributed by atoms with Crippen molar-refractivity contribution in [1.82, 2.24) is 29.8 Å². The maximum Gasteiger partial charge on any atom is 0.274 e. The summed E-state index contributed by atoms with van der Waals surface area (Å²) in [7, 11) is 1.87. The van der Waals surface area contributed by atoms with E-state index in [-0.39, 0.29) is 30.6 Å². The number of rotatable bonds is 9. The van der Waals surface area contributed by atoms with E-state index in [2.05, 4.69) is 29.2 Å². The van der Waals surface area contributed by atoms with Gasteiger partial charge in [0.15, 0.2) is 5.69 Å². The molecule has 1 aromatic heterocycles. The second kappa shape index (κ2) is 11.4. The van der Waals surface area contributed by atoms with Crippen LogP contribution in [0.25, 0.3) is 0 Å². The number of piperidine rings is 1. The molecule has 0 saturated carbocycles. The highest BCUT2D eigenvalue weighted by atomic mass is 16.2. The zero-order valence-corrected chi connectivity index (χ0v) is 19.9. The molecule has 0 atom stereocenters. The van der Waals surface area contributed by atoms with Gasteiger partial charge in [0.05, 0.1) is 0 Å². The van der Waals surface area contributed by atoms with E-state index in [9.17, 15) is 14.4 Å². The van der Waals surface area contributed by atoms with Crippen LogP contribution < -0.4 is 5.32 Å². The summed E-state index contributed by atoms with van der Waals surface area (Å²) in [4.78, 5) is 43.9. The van der Waals surface area contributed by atoms with Gasteiger partial charge in [0.25, 0.3) is 5.91 Å². The minimum Gasteiger partial charge on any atom is -0.355 e. The SMILES string of the molecule is CCN(CC)CCNC(=O)CCC(=O)N1CCc2c(c(C(=O)N3CCCCC3)nn2C)C1. The number of carbonyl (C=O) groups excluding carboxylic acids is 3. The van der Waals surface area contributed by atoms with Crippen LogP contribution in [0.4, 0.5) is 0 Å². The summed E-state index contributed by atoms with van der Waals surface area (Å²) < 4.78 is 1.79. The summed E-state index contributed by atoms with van der Waals surface area (Å²) in [5, 5.41) is 7.42. The first-order valence-corrected chi connectivity index (χ1v) is 12.0. The minimum atomic E-state index is -0.0921. The van der Waals surface area contributed by atoms with Crippen molar-refractivity contribution in [2.24, 2.45) is 7.05 Å². The van der Waals surface area contributed by atoms with Crippen molar-refractivity contribution in [2.75, 3.05) is 45.8 Å². The lowest BCUT2D eigenvalue weighted by Crippen LogP contribution is -2.39. The van der Waals surface area contributed by atoms with Gasteiger partial charge in [-0.2, -0.15) is 5.10 Å². The Morgan fingerprint density at radius 2 is 1.72 bits per heavy atom. The number of likely N-dealkylation sites (N-methyl/N-ethyl adjacent to an activating group) is 1. The van der Waals surface area contributed by atoms with Crippen molar-refractivity contribution in [3.63, 3.8) is 0 Å². The Bertz CT molecular complexity index is 811. The zero-order chi connectivity index (χ0) is 23.1. The molecule has 1 N–H and O–H groups in total. The molecule has 2 aliphatic rings. The van der Waals surface area contributed by atoms with Crippen LogP contribution in [0.5, 0.6) is 0 Å². The summed E-state index contributed by atoms with van der Waals surface area (Å²) in [5.74, 6) is -0.163. The summed E-state index contributed by atoms with van der Waals surface area (Å²) in [6.07, 6.45) is 4.27. The van der Waals surface area contributed by atoms with Crippen LogP contribution in [0, 0.1) is 0 Å². The van der Waals surface area contributed by atoms with Gasteiger partial charge in [-0.15, -0.1) is 0 Å². The van der Waals surface area contributed by atoms with Gasteiger partial charge in [-0.3, -0.25) is 19.1 Å². The number of likely N-dealkylation sites (tertiary alicyclic amines) is 1. The summed E-state index contributed by atoms with van der Waals surface area (Å²) in [5.41, 5.74) is 2.38. The summed E-state index contributed by atoms with van der Waals surface area (Å²) in [6.45, 7) is 10.1. The molecule has 0 unspecified atom stereocenters. The van der Waals surface area contributed by atoms with Gasteiger partial charge in [-0.05, 0) is 32.4 Å². The van der Waals surface area contributed by atoms with E-state index in [1.807, 2.05) is 11.9 Å². The maximum absolute atomic E-state index is 13.1. The molecule has 9 nitrogen and oxygen atoms in total. The molecule has 0 spiro atoms. The fourth-order valence-corrected chi connectivity index (χ4v) is 4.58. The predicted molar refractivity (Wildman–Crippen MR) is 122 cm³/mol. The Kier molecular flexibility index (Phi) is 8.67. The third-order valence-corrected chi connectivity index (χ3v) is 6.65. The smallest absolute Gasteiger partial charge is 0.274 e. The topological polar surface area (TPSA) is 90.8 Å². The average molecular weight is 447 g/mol. The van der Waals surface area contributed by atoms with Gasteiger partial charge in [-0.25, -0.2) is 0 Å². The number of aryl methyl sites for hydroxylation is 1. The maximum atomic E-state index is 13.1. The molecule has 9 heteroatoms. The summed E-state index contributed by atoms with van der Waals surface area (Å²) in [6, 6.07) is 0. The van der Waals surface area contributed by atoms with Crippen molar-refractivity contribution >= 4 is 17.7 Å². The Balaban J connectivity index is 1.53. The Morgan fingerprint density at radius 3 is 2.41 bits per heavy atom. The van der Waals surface area contributed by atoms with E-state index in [1.165, 1.54) is 0 Å². The van der Waals surface area contributed by atoms with Gasteiger partial charge in [-0.1, -0.05) is 13.8 Å². The van der Waals surface area contributed by atoms with Crippen LogP contribution >= 0.6 is 0 Å². The van der Waals surface area contributed by atoms with Crippen molar-refractivity contribution in [3.05, 3.63) is 17.0 Å². The van der Waals surface area contributed by atoms with Crippen LogP contribution in [0.2, 0.25) is 0 Å². The molecule has 0 bridgehead atoms. The van der Waals surface area contributed by atoms with Crippen LogP contribution in [0.1, 0.15) is 67.7 Å². The number of fused-ring (bicyclic) bond motifs is 1. The van der Waals surface area contributed by atoms with Crippen molar-refractivity contribution in [2.45, 2.75) is 58.9 Å². The second-order valence-corrected chi connectivity index (χ2v) is 8.69. The van der Waals surface area contributed by atoms with Crippen molar-refractivity contribution in [3.8, 4) is 0 Å². The molecule has 1 aromatic rings. The van der Waals surface area contributed by atoms with E-state index < -0.39 is 0 Å². The average Bonchev–Trinajstić information content (AvgIpc) is 3.16. The molecule has 0 aliphatic carbocycles. The molecule has 2 aliphatic heterocycles. The highest BCUT2D eigenvalue weighted by molar-refractivity contribution is 5.94. The molecule has 178 valence electrons. The normalized spacial score (nSPS) is 16.2. The van der Waals surface area contributed by atoms with E-state index >= 15 is 0 Å². The van der Waals surface area contributed by atoms with Gasteiger partial charge in [0, 0.05) is 76.8 Å². The van der Waals surface area contributed by atoms with E-state index in [4.69, 9.17) is 0 Å². The predicted octanol–water partition coefficient (Wildman–Crippen LogP) is 1.17. The Labute approximate surface area is 191 Å². The van der Waals surface area contributed by atoms with Gasteiger partial charge < -0.3 is 20.0 Å². The Morgan fingerprint density at radius 1 is 1.00 bits per heavy atom. The molecule has 3 rings (SSSR count). The summed E-state index contributed by atoms with van der Waals surface area (Å²) >= 11 is 0. The third-order valence-electron chi connectivity index (χ3n) is 6.65. The third kappa shape index (κ3) is 5.88. The number of aromatic nitrogens is 2. The standard InChI is InChI=1S/C23H38N6O3/c1-4-27(5-2)16-12-24-20(30)9-10-21(31)29-15-11-19-18(17-29)22(25-26(19)3)23(32)28-13-7-6-8-14-28/h4-17H2,1-3H3,(H,24,30). The molecular formula is C23H38N6O3. The molecule has 1 fully saturated rings. The number of nitrogens with one attached hydrogen (secondary N) is 1. The number of hydrogen-bond donors (Lipinski definition) is 1. The lowest BCUT2D eigenvalue weighted by atomic mass is 10.0. The second-order valence-electron chi connectivity index (χ2n) is 8.69. The zero-order valence-electron chi connectivity index (χ0n) is 19.9. The molecule has 1 saturated heterocycles. The Hall–Kier alpha value is -2.42. The molecular weight excluding hydrogens is 408 g/mol. The van der Waals surface area contributed by atoms with E-state index in [1.54, 1.807) is 9.58 Å². The van der Waals surface area contributed by atoms with Gasteiger partial charge in [0.1, 0.15) is 0 Å². The fraction of sp³-hybridized carbons (Fsp3) is 0.739. The van der Waals surface area contributed by atoms with Crippen LogP contribution in [0.15, 0.2) is 0 Å². The number of amides is 3. The molecule has 32 heavy (non-hydrogen) atoms. The first-order chi connectivity index (χ1) is 15.4. The van der Waals surface area contributed by atoms with Crippen molar-refractivity contribution in [1.29, 1.82) is 0 Å². The van der Waals surface area contributed by atoms with Crippen LogP contribution in [0.3, 0.4) is 0 Å². The molecule has 3 heterocycles. The quantitative estimate of drug-likeness (QED) is 0.615. The fourth-order valence-electron chi connectivity index (χ4n) is 4.58. The van der Waals surface area contributed by atoms with Crippen LogP contribution in [-0.2, 0) is 29.6 Å². The first-order valence-electron chi connectivity index (χ1n) is 12.0. The van der Waals surface area contributed by atoms with E-state index in [0.717, 1.165) is 63.2 Å². The highest BCUT2D eigenvalue weighted by Gasteiger charge is 2.31. The lowest BCUT2D eigenvalue weighted by molar-refractivity contribution is -0.134. The van der Waals surface area contributed by atoms with Gasteiger partial charge >= 0.3 is 0 Å². The highest BCUT2D eigenvalue weighted by Crippen LogP contribution is 2.25. The number of hydrogen-bond acceptors (Lipinski definition) is 5. The number of carbonyl (C=O) groups is 3. The lowest BCUT2D eigenvalue weighted by Gasteiger charge is -2.29. The minimum absolute atomic E-state index is 0.0246. The van der Waals surface area contributed by atoms with Crippen LogP contribution in [-0.4, -0.2) is 88.0 Å². The van der Waals surface area contributed by atoms with Crippen molar-refractivity contribution < 1.29 is 14.4 Å². The molecule has 0 aromatic carbocycles. The molecule has 3 amide bonds. The van der Waals surface area contributed by atoms with Gasteiger partial charge in [0.2, 0.25) is 11.8 Å². The molecule has 0 radical (unpaired) electrons. The largest absolute Gasteiger partial charge is 0.355 e. The monoisotopic (exact) mass is 446 g/mol.